The second kappa shape index (κ2) is 6.35. The van der Waals surface area contributed by atoms with Gasteiger partial charge in [0.2, 0.25) is 0 Å². The lowest BCUT2D eigenvalue weighted by atomic mass is 10.2. The van der Waals surface area contributed by atoms with Crippen molar-refractivity contribution < 1.29 is 9.53 Å². The van der Waals surface area contributed by atoms with E-state index in [1.807, 2.05) is 6.07 Å². The van der Waals surface area contributed by atoms with Crippen molar-refractivity contribution in [1.29, 1.82) is 0 Å². The second-order valence-corrected chi connectivity index (χ2v) is 5.69. The molecule has 0 aliphatic carbocycles. The zero-order chi connectivity index (χ0) is 14.7. The first-order chi connectivity index (χ1) is 9.51. The number of methoxy groups -OCH3 is 1. The van der Waals surface area contributed by atoms with Crippen LogP contribution in [0, 0.1) is 0 Å². The van der Waals surface area contributed by atoms with Crippen LogP contribution in [0.2, 0.25) is 10.0 Å². The fourth-order valence-corrected chi connectivity index (χ4v) is 2.65. The monoisotopic (exact) mass is 328 g/mol. The molecule has 2 rings (SSSR count). The minimum atomic E-state index is -0.499. The van der Waals surface area contributed by atoms with Gasteiger partial charge < -0.3 is 10.5 Å². The Labute approximate surface area is 130 Å². The van der Waals surface area contributed by atoms with E-state index in [9.17, 15) is 4.79 Å². The smallest absolute Gasteiger partial charge is 0.340 e. The van der Waals surface area contributed by atoms with E-state index in [0.717, 1.165) is 4.90 Å². The Morgan fingerprint density at radius 3 is 2.70 bits per heavy atom. The number of carbonyl (C=O) groups excluding carboxylic acids is 1. The Kier molecular flexibility index (Phi) is 4.75. The number of anilines is 1. The first kappa shape index (κ1) is 15.0. The molecule has 0 unspecified atom stereocenters. The largest absolute Gasteiger partial charge is 0.465 e. The lowest BCUT2D eigenvalue weighted by molar-refractivity contribution is 0.0601. The fraction of sp³-hybridized carbons (Fsp3) is 0.0769. The molecule has 4 nitrogen and oxygen atoms in total. The maximum atomic E-state index is 11.6. The minimum Gasteiger partial charge on any atom is -0.465 e. The van der Waals surface area contributed by atoms with E-state index in [2.05, 4.69) is 9.72 Å². The van der Waals surface area contributed by atoms with E-state index in [-0.39, 0.29) is 11.3 Å². The van der Waals surface area contributed by atoms with E-state index in [0.29, 0.717) is 15.1 Å². The normalized spacial score (nSPS) is 10.3. The van der Waals surface area contributed by atoms with Gasteiger partial charge in [-0.25, -0.2) is 9.78 Å². The van der Waals surface area contributed by atoms with Crippen molar-refractivity contribution in [3.05, 3.63) is 46.1 Å². The SMILES string of the molecule is COC(=O)c1cc(Sc2ccc(Cl)c(Cl)c2)ncc1N. The van der Waals surface area contributed by atoms with Crippen LogP contribution in [-0.2, 0) is 4.74 Å². The maximum Gasteiger partial charge on any atom is 0.340 e. The molecule has 0 fully saturated rings. The van der Waals surface area contributed by atoms with Crippen molar-refractivity contribution in [2.45, 2.75) is 9.92 Å². The molecule has 1 aromatic carbocycles. The highest BCUT2D eigenvalue weighted by molar-refractivity contribution is 7.99. The summed E-state index contributed by atoms with van der Waals surface area (Å²) < 4.78 is 4.66. The summed E-state index contributed by atoms with van der Waals surface area (Å²) in [4.78, 5) is 16.6. The number of pyridine rings is 1. The molecule has 2 N–H and O–H groups in total. The number of rotatable bonds is 3. The van der Waals surface area contributed by atoms with Crippen LogP contribution in [0.4, 0.5) is 5.69 Å². The molecule has 0 saturated carbocycles. The molecular formula is C13H10Cl2N2O2S. The Hall–Kier alpha value is -1.43. The average molecular weight is 329 g/mol. The van der Waals surface area contributed by atoms with Crippen LogP contribution >= 0.6 is 35.0 Å². The van der Waals surface area contributed by atoms with E-state index in [1.54, 1.807) is 18.2 Å². The molecule has 2 aromatic rings. The number of nitrogen functional groups attached to an aromatic ring is 1. The zero-order valence-electron chi connectivity index (χ0n) is 10.4. The first-order valence-corrected chi connectivity index (χ1v) is 7.05. The summed E-state index contributed by atoms with van der Waals surface area (Å²) in [6.45, 7) is 0. The number of esters is 1. The first-order valence-electron chi connectivity index (χ1n) is 5.48. The van der Waals surface area contributed by atoms with Crippen molar-refractivity contribution >= 4 is 46.6 Å². The highest BCUT2D eigenvalue weighted by Crippen LogP contribution is 2.32. The van der Waals surface area contributed by atoms with Crippen molar-refractivity contribution in [2.24, 2.45) is 0 Å². The third-order valence-corrected chi connectivity index (χ3v) is 4.09. The molecule has 1 aromatic heterocycles. The summed E-state index contributed by atoms with van der Waals surface area (Å²) in [5.41, 5.74) is 6.25. The van der Waals surface area contributed by atoms with Gasteiger partial charge in [0, 0.05) is 4.90 Å². The lowest BCUT2D eigenvalue weighted by Crippen LogP contribution is -2.06. The molecule has 0 saturated heterocycles. The molecule has 0 bridgehead atoms. The number of ether oxygens (including phenoxy) is 1. The lowest BCUT2D eigenvalue weighted by Gasteiger charge is -2.06. The van der Waals surface area contributed by atoms with Crippen LogP contribution in [0.25, 0.3) is 0 Å². The van der Waals surface area contributed by atoms with Gasteiger partial charge in [-0.2, -0.15) is 0 Å². The number of nitrogens with zero attached hydrogens (tertiary/aromatic N) is 1. The molecule has 0 amide bonds. The number of hydrogen-bond donors (Lipinski definition) is 1. The van der Waals surface area contributed by atoms with Crippen LogP contribution in [-0.4, -0.2) is 18.1 Å². The van der Waals surface area contributed by atoms with Crippen molar-refractivity contribution in [3.8, 4) is 0 Å². The molecule has 104 valence electrons. The van der Waals surface area contributed by atoms with Crippen molar-refractivity contribution in [1.82, 2.24) is 4.98 Å². The summed E-state index contributed by atoms with van der Waals surface area (Å²) in [6, 6.07) is 6.82. The Morgan fingerprint density at radius 2 is 2.05 bits per heavy atom. The van der Waals surface area contributed by atoms with Crippen LogP contribution in [0.5, 0.6) is 0 Å². The van der Waals surface area contributed by atoms with E-state index in [1.165, 1.54) is 25.1 Å². The van der Waals surface area contributed by atoms with E-state index < -0.39 is 5.97 Å². The third kappa shape index (κ3) is 3.36. The van der Waals surface area contributed by atoms with Crippen LogP contribution in [0.3, 0.4) is 0 Å². The highest BCUT2D eigenvalue weighted by Gasteiger charge is 2.12. The summed E-state index contributed by atoms with van der Waals surface area (Å²) >= 11 is 13.1. The molecule has 0 spiro atoms. The van der Waals surface area contributed by atoms with E-state index >= 15 is 0 Å². The molecule has 7 heteroatoms. The van der Waals surface area contributed by atoms with Gasteiger partial charge in [-0.15, -0.1) is 0 Å². The summed E-state index contributed by atoms with van der Waals surface area (Å²) in [6.07, 6.45) is 1.42. The van der Waals surface area contributed by atoms with Gasteiger partial charge in [0.25, 0.3) is 0 Å². The quantitative estimate of drug-likeness (QED) is 0.865. The Bertz CT molecular complexity index is 665. The van der Waals surface area contributed by atoms with Crippen LogP contribution in [0.1, 0.15) is 10.4 Å². The van der Waals surface area contributed by atoms with Gasteiger partial charge in [-0.1, -0.05) is 35.0 Å². The van der Waals surface area contributed by atoms with E-state index in [4.69, 9.17) is 28.9 Å². The number of hydrogen-bond acceptors (Lipinski definition) is 5. The Morgan fingerprint density at radius 1 is 1.30 bits per heavy atom. The Balaban J connectivity index is 2.29. The number of benzene rings is 1. The molecular weight excluding hydrogens is 319 g/mol. The topological polar surface area (TPSA) is 65.2 Å². The third-order valence-electron chi connectivity index (χ3n) is 2.43. The van der Waals surface area contributed by atoms with Gasteiger partial charge >= 0.3 is 5.97 Å². The van der Waals surface area contributed by atoms with Gasteiger partial charge in [-0.05, 0) is 24.3 Å². The van der Waals surface area contributed by atoms with Gasteiger partial charge in [0.05, 0.1) is 34.6 Å². The predicted molar refractivity (Wildman–Crippen MR) is 80.6 cm³/mol. The van der Waals surface area contributed by atoms with Gasteiger partial charge in [-0.3, -0.25) is 0 Å². The summed E-state index contributed by atoms with van der Waals surface area (Å²) in [5.74, 6) is -0.499. The number of carbonyl (C=O) groups is 1. The number of aromatic nitrogens is 1. The molecule has 0 radical (unpaired) electrons. The predicted octanol–water partition coefficient (Wildman–Crippen LogP) is 3.91. The summed E-state index contributed by atoms with van der Waals surface area (Å²) in [7, 11) is 1.30. The van der Waals surface area contributed by atoms with Gasteiger partial charge in [0.15, 0.2) is 0 Å². The van der Waals surface area contributed by atoms with Crippen molar-refractivity contribution in [3.63, 3.8) is 0 Å². The second-order valence-electron chi connectivity index (χ2n) is 3.78. The number of nitrogens with two attached hydrogens (primary N) is 1. The maximum absolute atomic E-state index is 11.6. The molecule has 0 aliphatic heterocycles. The van der Waals surface area contributed by atoms with Crippen molar-refractivity contribution in [2.75, 3.05) is 12.8 Å². The molecule has 0 atom stereocenters. The van der Waals surface area contributed by atoms with Crippen LogP contribution < -0.4 is 5.73 Å². The summed E-state index contributed by atoms with van der Waals surface area (Å²) in [5, 5.41) is 1.55. The highest BCUT2D eigenvalue weighted by atomic mass is 35.5. The standard InChI is InChI=1S/C13H10Cl2N2O2S/c1-19-13(18)8-5-12(17-6-11(8)16)20-7-2-3-9(14)10(15)4-7/h2-6H,16H2,1H3. The molecule has 1 heterocycles. The van der Waals surface area contributed by atoms with Gasteiger partial charge in [0.1, 0.15) is 5.03 Å². The van der Waals surface area contributed by atoms with Crippen LogP contribution in [0.15, 0.2) is 40.4 Å². The minimum absolute atomic E-state index is 0.273. The average Bonchev–Trinajstić information content (AvgIpc) is 2.44. The zero-order valence-corrected chi connectivity index (χ0v) is 12.7. The molecule has 0 aliphatic rings. The molecule has 20 heavy (non-hydrogen) atoms. The number of halogens is 2. The fourth-order valence-electron chi connectivity index (χ4n) is 1.45.